The second kappa shape index (κ2) is 14.0. The van der Waals surface area contributed by atoms with Gasteiger partial charge in [0.1, 0.15) is 17.5 Å². The number of methoxy groups -OCH3 is 1. The van der Waals surface area contributed by atoms with E-state index in [1.165, 1.54) is 19.5 Å². The van der Waals surface area contributed by atoms with Crippen LogP contribution in [0.3, 0.4) is 0 Å². The SMILES string of the molecule is COc1ncc(-c2cnc(N(C(=O)NCc3ccccc3)[C@H]3CC[C@H](Nc4ncc(C#N)c(-c5n[nH]cc5Cl)n4)CC3)nc2)cn1. The average molecular weight is 637 g/mol. The van der Waals surface area contributed by atoms with Crippen LogP contribution in [0.1, 0.15) is 36.8 Å². The molecular formula is C31H29ClN12O2. The molecule has 232 valence electrons. The molecule has 5 aromatic rings. The lowest BCUT2D eigenvalue weighted by atomic mass is 9.90. The Morgan fingerprint density at radius 1 is 1.00 bits per heavy atom. The molecule has 1 aromatic carbocycles. The molecule has 4 heterocycles. The summed E-state index contributed by atoms with van der Waals surface area (Å²) in [5.74, 6) is 0.673. The Morgan fingerprint density at radius 3 is 2.33 bits per heavy atom. The molecule has 6 rings (SSSR count). The van der Waals surface area contributed by atoms with Crippen LogP contribution in [-0.4, -0.2) is 65.3 Å². The number of benzene rings is 1. The van der Waals surface area contributed by atoms with Gasteiger partial charge in [-0.25, -0.2) is 34.7 Å². The van der Waals surface area contributed by atoms with Gasteiger partial charge in [0.15, 0.2) is 0 Å². The Morgan fingerprint density at radius 2 is 1.70 bits per heavy atom. The maximum absolute atomic E-state index is 13.7. The topological polar surface area (TPSA) is 183 Å². The Bertz CT molecular complexity index is 1820. The quantitative estimate of drug-likeness (QED) is 0.202. The highest BCUT2D eigenvalue weighted by atomic mass is 35.5. The molecule has 1 aliphatic carbocycles. The predicted octanol–water partition coefficient (Wildman–Crippen LogP) is 4.79. The second-order valence-electron chi connectivity index (χ2n) is 10.5. The minimum Gasteiger partial charge on any atom is -0.467 e. The number of carbonyl (C=O) groups is 1. The fourth-order valence-corrected chi connectivity index (χ4v) is 5.44. The lowest BCUT2D eigenvalue weighted by molar-refractivity contribution is 0.240. The van der Waals surface area contributed by atoms with E-state index in [1.54, 1.807) is 29.7 Å². The third-order valence-corrected chi connectivity index (χ3v) is 7.91. The molecule has 14 nitrogen and oxygen atoms in total. The molecule has 4 aromatic heterocycles. The van der Waals surface area contributed by atoms with Gasteiger partial charge in [0.25, 0.3) is 0 Å². The highest BCUT2D eigenvalue weighted by Crippen LogP contribution is 2.30. The maximum atomic E-state index is 13.7. The standard InChI is InChI=1S/C31H29ClN12O2/c1-46-30-37-16-22(17-38-30)21-14-35-29(36-15-21)44(31(45)39-12-19-5-3-2-4-6-19)24-9-7-23(8-10-24)41-28-34-13-20(11-33)26(42-28)27-25(32)18-40-43-27/h2-6,13-18,23-24H,7-10,12H2,1H3,(H,39,45)(H,40,43)(H,34,41,42)/t23-,24-. The second-order valence-corrected chi connectivity index (χ2v) is 11.0. The molecule has 1 fully saturated rings. The number of aromatic nitrogens is 8. The zero-order valence-electron chi connectivity index (χ0n) is 24.8. The summed E-state index contributed by atoms with van der Waals surface area (Å²) in [7, 11) is 1.50. The number of nitriles is 1. The van der Waals surface area contributed by atoms with E-state index in [0.717, 1.165) is 24.0 Å². The highest BCUT2D eigenvalue weighted by molar-refractivity contribution is 6.32. The smallest absolute Gasteiger partial charge is 0.324 e. The lowest BCUT2D eigenvalue weighted by Gasteiger charge is -2.35. The highest BCUT2D eigenvalue weighted by Gasteiger charge is 2.32. The summed E-state index contributed by atoms with van der Waals surface area (Å²) in [6, 6.07) is 11.7. The Hall–Kier alpha value is -5.68. The third kappa shape index (κ3) is 6.84. The Balaban J connectivity index is 1.17. The molecule has 0 spiro atoms. The van der Waals surface area contributed by atoms with Crippen molar-refractivity contribution in [2.45, 2.75) is 44.3 Å². The molecule has 0 unspecified atom stereocenters. The molecule has 15 heteroatoms. The number of ether oxygens (including phenoxy) is 1. The number of anilines is 2. The first-order valence-corrected chi connectivity index (χ1v) is 14.9. The van der Waals surface area contributed by atoms with Crippen molar-refractivity contribution in [2.75, 3.05) is 17.3 Å². The largest absolute Gasteiger partial charge is 0.467 e. The number of urea groups is 1. The fraction of sp³-hybridized carbons (Fsp3) is 0.258. The van der Waals surface area contributed by atoms with Crippen LogP contribution in [0.15, 0.2) is 67.5 Å². The summed E-state index contributed by atoms with van der Waals surface area (Å²) in [5, 5.41) is 23.1. The first-order valence-electron chi connectivity index (χ1n) is 14.5. The zero-order valence-corrected chi connectivity index (χ0v) is 25.5. The molecule has 1 saturated carbocycles. The van der Waals surface area contributed by atoms with Gasteiger partial charge in [0, 0.05) is 60.7 Å². The van der Waals surface area contributed by atoms with Gasteiger partial charge in [-0.05, 0) is 31.2 Å². The molecule has 0 aliphatic heterocycles. The van der Waals surface area contributed by atoms with Crippen molar-refractivity contribution in [3.63, 3.8) is 0 Å². The number of rotatable bonds is 9. The number of amides is 2. The number of halogens is 1. The van der Waals surface area contributed by atoms with Crippen LogP contribution in [-0.2, 0) is 6.54 Å². The molecule has 0 radical (unpaired) electrons. The van der Waals surface area contributed by atoms with Gasteiger partial charge in [0.05, 0.1) is 23.9 Å². The van der Waals surface area contributed by atoms with Crippen molar-refractivity contribution in [3.05, 3.63) is 83.7 Å². The summed E-state index contributed by atoms with van der Waals surface area (Å²) in [5.41, 5.74) is 3.42. The van der Waals surface area contributed by atoms with E-state index < -0.39 is 0 Å². The van der Waals surface area contributed by atoms with E-state index >= 15 is 0 Å². The first kappa shape index (κ1) is 30.4. The van der Waals surface area contributed by atoms with E-state index in [0.29, 0.717) is 53.3 Å². The minimum absolute atomic E-state index is 0.0410. The van der Waals surface area contributed by atoms with Crippen LogP contribution in [0.4, 0.5) is 16.7 Å². The molecule has 0 saturated heterocycles. The monoisotopic (exact) mass is 636 g/mol. The number of hydrogen-bond donors (Lipinski definition) is 3. The lowest BCUT2D eigenvalue weighted by Crippen LogP contribution is -2.49. The van der Waals surface area contributed by atoms with Gasteiger partial charge in [-0.3, -0.25) is 10.00 Å². The van der Waals surface area contributed by atoms with Crippen molar-refractivity contribution < 1.29 is 9.53 Å². The molecule has 0 bridgehead atoms. The van der Waals surface area contributed by atoms with Crippen LogP contribution < -0.4 is 20.3 Å². The summed E-state index contributed by atoms with van der Waals surface area (Å²) >= 11 is 6.24. The van der Waals surface area contributed by atoms with Gasteiger partial charge in [-0.2, -0.15) is 10.4 Å². The molecule has 2 amide bonds. The van der Waals surface area contributed by atoms with Crippen molar-refractivity contribution in [1.29, 1.82) is 5.26 Å². The molecule has 0 atom stereocenters. The van der Waals surface area contributed by atoms with Gasteiger partial charge in [-0.15, -0.1) is 0 Å². The fourth-order valence-electron chi connectivity index (χ4n) is 5.26. The Labute approximate surface area is 269 Å². The van der Waals surface area contributed by atoms with E-state index in [-0.39, 0.29) is 29.7 Å². The van der Waals surface area contributed by atoms with E-state index in [4.69, 9.17) is 16.3 Å². The van der Waals surface area contributed by atoms with Gasteiger partial charge >= 0.3 is 12.0 Å². The summed E-state index contributed by atoms with van der Waals surface area (Å²) in [6.07, 6.45) is 12.4. The van der Waals surface area contributed by atoms with Crippen LogP contribution in [0.5, 0.6) is 6.01 Å². The minimum atomic E-state index is -0.281. The number of hydrogen-bond acceptors (Lipinski definition) is 11. The normalized spacial score (nSPS) is 15.8. The summed E-state index contributed by atoms with van der Waals surface area (Å²) in [6.45, 7) is 0.368. The number of nitrogens with one attached hydrogen (secondary N) is 3. The predicted molar refractivity (Wildman–Crippen MR) is 170 cm³/mol. The number of aromatic amines is 1. The van der Waals surface area contributed by atoms with Crippen LogP contribution in [0.25, 0.3) is 22.5 Å². The third-order valence-electron chi connectivity index (χ3n) is 7.63. The first-order chi connectivity index (χ1) is 22.5. The number of nitrogens with zero attached hydrogens (tertiary/aromatic N) is 9. The summed E-state index contributed by atoms with van der Waals surface area (Å²) < 4.78 is 5.04. The van der Waals surface area contributed by atoms with Gasteiger partial charge in [0.2, 0.25) is 11.9 Å². The van der Waals surface area contributed by atoms with Crippen molar-refractivity contribution >= 4 is 29.5 Å². The van der Waals surface area contributed by atoms with Gasteiger partial charge in [-0.1, -0.05) is 41.9 Å². The molecule has 1 aliphatic rings. The van der Waals surface area contributed by atoms with Crippen molar-refractivity contribution in [3.8, 4) is 34.6 Å². The van der Waals surface area contributed by atoms with Crippen LogP contribution in [0, 0.1) is 11.3 Å². The average Bonchev–Trinajstić information content (AvgIpc) is 3.54. The van der Waals surface area contributed by atoms with E-state index in [9.17, 15) is 10.1 Å². The van der Waals surface area contributed by atoms with E-state index in [2.05, 4.69) is 56.8 Å². The Kier molecular flexibility index (Phi) is 9.21. The maximum Gasteiger partial charge on any atom is 0.324 e. The zero-order chi connectivity index (χ0) is 31.9. The molecule has 3 N–H and O–H groups in total. The van der Waals surface area contributed by atoms with E-state index in [1.807, 2.05) is 30.3 Å². The molecule has 46 heavy (non-hydrogen) atoms. The summed E-state index contributed by atoms with van der Waals surface area (Å²) in [4.78, 5) is 41.7. The van der Waals surface area contributed by atoms with Crippen LogP contribution in [0.2, 0.25) is 5.02 Å². The molecular weight excluding hydrogens is 608 g/mol. The van der Waals surface area contributed by atoms with Gasteiger partial charge < -0.3 is 15.4 Å². The number of carbonyl (C=O) groups excluding carboxylic acids is 1. The van der Waals surface area contributed by atoms with Crippen molar-refractivity contribution in [2.24, 2.45) is 0 Å². The van der Waals surface area contributed by atoms with Crippen molar-refractivity contribution in [1.82, 2.24) is 45.4 Å². The number of H-pyrrole nitrogens is 1. The van der Waals surface area contributed by atoms with Crippen LogP contribution >= 0.6 is 11.6 Å².